The Balaban J connectivity index is 2.47. The van der Waals surface area contributed by atoms with Gasteiger partial charge in [-0.25, -0.2) is 0 Å². The van der Waals surface area contributed by atoms with E-state index >= 15 is 0 Å². The zero-order valence-electron chi connectivity index (χ0n) is 9.98. The van der Waals surface area contributed by atoms with Crippen LogP contribution in [0, 0.1) is 0 Å². The number of hydrogen-bond acceptors (Lipinski definition) is 3. The summed E-state index contributed by atoms with van der Waals surface area (Å²) in [6, 6.07) is 0.300. The molecule has 1 saturated carbocycles. The van der Waals surface area contributed by atoms with Crippen LogP contribution in [0.4, 0.5) is 0 Å². The number of nitrogens with one attached hydrogen (secondary N) is 1. The first-order chi connectivity index (χ1) is 7.70. The molecule has 0 radical (unpaired) electrons. The van der Waals surface area contributed by atoms with E-state index in [0.29, 0.717) is 19.1 Å². The van der Waals surface area contributed by atoms with Crippen LogP contribution in [0.1, 0.15) is 26.2 Å². The van der Waals surface area contributed by atoms with Gasteiger partial charge in [0.25, 0.3) is 0 Å². The monoisotopic (exact) mass is 226 g/mol. The van der Waals surface area contributed by atoms with Crippen molar-refractivity contribution in [1.29, 1.82) is 0 Å². The molecule has 0 aromatic carbocycles. The highest BCUT2D eigenvalue weighted by Crippen LogP contribution is 2.26. The number of rotatable bonds is 7. The molecule has 4 heteroatoms. The highest BCUT2D eigenvalue weighted by molar-refractivity contribution is 5.81. The molecule has 1 aliphatic rings. The fourth-order valence-corrected chi connectivity index (χ4v) is 2.00. The number of amides is 1. The van der Waals surface area contributed by atoms with Crippen molar-refractivity contribution in [2.24, 2.45) is 0 Å². The summed E-state index contributed by atoms with van der Waals surface area (Å²) in [5.41, 5.74) is 0. The Kier molecular flexibility index (Phi) is 5.49. The van der Waals surface area contributed by atoms with E-state index in [-0.39, 0.29) is 18.6 Å². The number of aliphatic hydroxyl groups is 1. The van der Waals surface area contributed by atoms with Gasteiger partial charge < -0.3 is 10.4 Å². The highest BCUT2D eigenvalue weighted by Gasteiger charge is 2.30. The minimum atomic E-state index is -0.169. The minimum Gasteiger partial charge on any atom is -0.395 e. The van der Waals surface area contributed by atoms with E-state index in [9.17, 15) is 4.79 Å². The van der Waals surface area contributed by atoms with Crippen molar-refractivity contribution in [1.82, 2.24) is 10.2 Å². The van der Waals surface area contributed by atoms with E-state index in [1.807, 2.05) is 6.92 Å². The van der Waals surface area contributed by atoms with Gasteiger partial charge in [-0.05, 0) is 19.8 Å². The van der Waals surface area contributed by atoms with Gasteiger partial charge in [-0.1, -0.05) is 12.5 Å². The second-order valence-electron chi connectivity index (χ2n) is 4.26. The van der Waals surface area contributed by atoms with Gasteiger partial charge in [-0.15, -0.1) is 6.58 Å². The summed E-state index contributed by atoms with van der Waals surface area (Å²) in [6.07, 6.45) is 5.18. The summed E-state index contributed by atoms with van der Waals surface area (Å²) in [4.78, 5) is 13.9. The summed E-state index contributed by atoms with van der Waals surface area (Å²) < 4.78 is 0. The van der Waals surface area contributed by atoms with Gasteiger partial charge in [0.1, 0.15) is 0 Å². The molecular weight excluding hydrogens is 204 g/mol. The number of nitrogens with zero attached hydrogens (tertiary/aromatic N) is 1. The Morgan fingerprint density at radius 1 is 1.69 bits per heavy atom. The molecule has 1 aliphatic carbocycles. The number of carbonyl (C=O) groups is 1. The molecule has 0 aromatic heterocycles. The molecule has 0 bridgehead atoms. The number of hydrogen-bond donors (Lipinski definition) is 2. The normalized spacial score (nSPS) is 17.9. The fraction of sp³-hybridized carbons (Fsp3) is 0.750. The zero-order chi connectivity index (χ0) is 12.0. The lowest BCUT2D eigenvalue weighted by molar-refractivity contribution is -0.127. The molecule has 0 saturated heterocycles. The van der Waals surface area contributed by atoms with Crippen molar-refractivity contribution in [3.8, 4) is 0 Å². The van der Waals surface area contributed by atoms with E-state index in [1.54, 1.807) is 6.08 Å². The zero-order valence-corrected chi connectivity index (χ0v) is 9.98. The van der Waals surface area contributed by atoms with Crippen LogP contribution in [0.25, 0.3) is 0 Å². The SMILES string of the molecule is C=CCNC(=O)C(C)N(CCO)C1CCC1. The van der Waals surface area contributed by atoms with Crippen molar-refractivity contribution in [2.45, 2.75) is 38.3 Å². The standard InChI is InChI=1S/C12H22N2O2/c1-3-7-13-12(16)10(2)14(8-9-15)11-5-4-6-11/h3,10-11,15H,1,4-9H2,2H3,(H,13,16). The van der Waals surface area contributed by atoms with Crippen LogP contribution in [0.5, 0.6) is 0 Å². The van der Waals surface area contributed by atoms with Crippen molar-refractivity contribution in [2.75, 3.05) is 19.7 Å². The molecule has 0 heterocycles. The lowest BCUT2D eigenvalue weighted by atomic mass is 9.90. The predicted octanol–water partition coefficient (Wildman–Crippen LogP) is 0.524. The second kappa shape index (κ2) is 6.66. The van der Waals surface area contributed by atoms with Gasteiger partial charge >= 0.3 is 0 Å². The highest BCUT2D eigenvalue weighted by atomic mass is 16.3. The molecule has 1 fully saturated rings. The van der Waals surface area contributed by atoms with E-state index in [1.165, 1.54) is 6.42 Å². The van der Waals surface area contributed by atoms with Crippen LogP contribution in [-0.4, -0.2) is 47.7 Å². The van der Waals surface area contributed by atoms with E-state index in [0.717, 1.165) is 12.8 Å². The summed E-state index contributed by atoms with van der Waals surface area (Å²) in [6.45, 7) is 6.65. The fourth-order valence-electron chi connectivity index (χ4n) is 2.00. The maximum absolute atomic E-state index is 11.8. The van der Waals surface area contributed by atoms with Crippen molar-refractivity contribution >= 4 is 5.91 Å². The maximum Gasteiger partial charge on any atom is 0.237 e. The maximum atomic E-state index is 11.8. The third-order valence-electron chi connectivity index (χ3n) is 3.20. The number of aliphatic hydroxyl groups excluding tert-OH is 1. The Morgan fingerprint density at radius 3 is 2.81 bits per heavy atom. The number of carbonyl (C=O) groups excluding carboxylic acids is 1. The molecule has 1 amide bonds. The molecule has 2 N–H and O–H groups in total. The summed E-state index contributed by atoms with van der Waals surface area (Å²) >= 11 is 0. The topological polar surface area (TPSA) is 52.6 Å². The van der Waals surface area contributed by atoms with E-state index in [2.05, 4.69) is 16.8 Å². The Hall–Kier alpha value is -0.870. The Bertz CT molecular complexity index is 239. The van der Waals surface area contributed by atoms with Crippen LogP contribution in [-0.2, 0) is 4.79 Å². The van der Waals surface area contributed by atoms with Gasteiger partial charge in [0, 0.05) is 19.1 Å². The molecule has 0 aliphatic heterocycles. The van der Waals surface area contributed by atoms with Gasteiger partial charge in [0.2, 0.25) is 5.91 Å². The third-order valence-corrected chi connectivity index (χ3v) is 3.20. The third kappa shape index (κ3) is 3.32. The largest absolute Gasteiger partial charge is 0.395 e. The molecule has 16 heavy (non-hydrogen) atoms. The van der Waals surface area contributed by atoms with Gasteiger partial charge in [0.05, 0.1) is 12.6 Å². The first-order valence-electron chi connectivity index (χ1n) is 5.96. The average molecular weight is 226 g/mol. The van der Waals surface area contributed by atoms with Crippen molar-refractivity contribution in [3.63, 3.8) is 0 Å². The molecule has 1 unspecified atom stereocenters. The lowest BCUT2D eigenvalue weighted by Gasteiger charge is -2.40. The summed E-state index contributed by atoms with van der Waals surface area (Å²) in [5, 5.41) is 11.8. The van der Waals surface area contributed by atoms with Gasteiger partial charge in [-0.2, -0.15) is 0 Å². The van der Waals surface area contributed by atoms with Crippen molar-refractivity contribution < 1.29 is 9.90 Å². The molecule has 92 valence electrons. The Morgan fingerprint density at radius 2 is 2.38 bits per heavy atom. The first kappa shape index (κ1) is 13.2. The smallest absolute Gasteiger partial charge is 0.237 e. The molecule has 4 nitrogen and oxygen atoms in total. The molecular formula is C12H22N2O2. The average Bonchev–Trinajstić information content (AvgIpc) is 2.21. The quantitative estimate of drug-likeness (QED) is 0.622. The molecule has 0 aromatic rings. The second-order valence-corrected chi connectivity index (χ2v) is 4.26. The van der Waals surface area contributed by atoms with Crippen LogP contribution in [0.15, 0.2) is 12.7 Å². The lowest BCUT2D eigenvalue weighted by Crippen LogP contribution is -2.52. The Labute approximate surface area is 97.3 Å². The van der Waals surface area contributed by atoms with Crippen LogP contribution in [0.2, 0.25) is 0 Å². The van der Waals surface area contributed by atoms with E-state index < -0.39 is 0 Å². The minimum absolute atomic E-state index is 0.0141. The van der Waals surface area contributed by atoms with Crippen LogP contribution >= 0.6 is 0 Å². The van der Waals surface area contributed by atoms with Crippen molar-refractivity contribution in [3.05, 3.63) is 12.7 Å². The first-order valence-corrected chi connectivity index (χ1v) is 5.96. The van der Waals surface area contributed by atoms with E-state index in [4.69, 9.17) is 5.11 Å². The molecule has 0 spiro atoms. The molecule has 1 atom stereocenters. The van der Waals surface area contributed by atoms with Crippen LogP contribution < -0.4 is 5.32 Å². The summed E-state index contributed by atoms with van der Waals surface area (Å²) in [7, 11) is 0. The summed E-state index contributed by atoms with van der Waals surface area (Å²) in [5.74, 6) is 0.0141. The predicted molar refractivity (Wildman–Crippen MR) is 64.1 cm³/mol. The van der Waals surface area contributed by atoms with Gasteiger partial charge in [0.15, 0.2) is 0 Å². The molecule has 1 rings (SSSR count). The van der Waals surface area contributed by atoms with Crippen LogP contribution in [0.3, 0.4) is 0 Å². The van der Waals surface area contributed by atoms with Gasteiger partial charge in [-0.3, -0.25) is 9.69 Å².